The van der Waals surface area contributed by atoms with E-state index in [1.807, 2.05) is 0 Å². The van der Waals surface area contributed by atoms with Crippen LogP contribution in [0.2, 0.25) is 0 Å². The third-order valence-electron chi connectivity index (χ3n) is 2.19. The van der Waals surface area contributed by atoms with Crippen LogP contribution in [0.5, 0.6) is 0 Å². The standard InChI is InChI=1S/C11H10N2O3/c1-7(14)5-8-6-13-4-2-3-9(11(15)16)10(13)12-8/h2-4,6H,5H2,1H3,(H,15,16). The molecule has 0 atom stereocenters. The minimum Gasteiger partial charge on any atom is -0.478 e. The van der Waals surface area contributed by atoms with Crippen molar-refractivity contribution < 1.29 is 14.7 Å². The van der Waals surface area contributed by atoms with Gasteiger partial charge in [-0.1, -0.05) is 0 Å². The summed E-state index contributed by atoms with van der Waals surface area (Å²) in [6, 6.07) is 3.12. The van der Waals surface area contributed by atoms with Gasteiger partial charge in [0.1, 0.15) is 11.3 Å². The van der Waals surface area contributed by atoms with E-state index in [4.69, 9.17) is 5.11 Å². The van der Waals surface area contributed by atoms with Crippen molar-refractivity contribution in [2.24, 2.45) is 0 Å². The molecule has 2 aromatic heterocycles. The SMILES string of the molecule is CC(=O)Cc1cn2cccc(C(=O)O)c2n1. The number of aromatic carboxylic acids is 1. The third-order valence-corrected chi connectivity index (χ3v) is 2.19. The van der Waals surface area contributed by atoms with Gasteiger partial charge in [0.15, 0.2) is 5.65 Å². The highest BCUT2D eigenvalue weighted by molar-refractivity contribution is 5.94. The van der Waals surface area contributed by atoms with Crippen LogP contribution in [0.15, 0.2) is 24.5 Å². The highest BCUT2D eigenvalue weighted by Crippen LogP contribution is 2.11. The second-order valence-corrected chi connectivity index (χ2v) is 3.57. The van der Waals surface area contributed by atoms with E-state index < -0.39 is 5.97 Å². The molecule has 0 unspecified atom stereocenters. The molecular formula is C11H10N2O3. The van der Waals surface area contributed by atoms with Crippen molar-refractivity contribution in [3.8, 4) is 0 Å². The molecule has 0 radical (unpaired) electrons. The smallest absolute Gasteiger partial charge is 0.339 e. The van der Waals surface area contributed by atoms with Gasteiger partial charge in [-0.15, -0.1) is 0 Å². The Labute approximate surface area is 91.3 Å². The second kappa shape index (κ2) is 3.77. The summed E-state index contributed by atoms with van der Waals surface area (Å²) in [4.78, 5) is 26.0. The lowest BCUT2D eigenvalue weighted by Gasteiger charge is -1.96. The molecule has 2 rings (SSSR count). The average molecular weight is 218 g/mol. The van der Waals surface area contributed by atoms with Crippen LogP contribution in [-0.2, 0) is 11.2 Å². The molecule has 5 nitrogen and oxygen atoms in total. The first kappa shape index (κ1) is 10.4. The summed E-state index contributed by atoms with van der Waals surface area (Å²) in [5.41, 5.74) is 1.09. The fourth-order valence-corrected chi connectivity index (χ4v) is 1.57. The minimum absolute atomic E-state index is 0.000260. The van der Waals surface area contributed by atoms with Crippen LogP contribution in [0.3, 0.4) is 0 Å². The van der Waals surface area contributed by atoms with E-state index in [1.54, 1.807) is 22.9 Å². The first-order chi connectivity index (χ1) is 7.58. The largest absolute Gasteiger partial charge is 0.478 e. The Hall–Kier alpha value is -2.17. The molecule has 1 N–H and O–H groups in total. The number of imidazole rings is 1. The van der Waals surface area contributed by atoms with Crippen molar-refractivity contribution >= 4 is 17.4 Å². The van der Waals surface area contributed by atoms with E-state index in [0.717, 1.165) is 0 Å². The number of carboxylic acid groups (broad SMARTS) is 1. The molecule has 0 aliphatic rings. The van der Waals surface area contributed by atoms with Crippen LogP contribution in [0.4, 0.5) is 0 Å². The highest BCUT2D eigenvalue weighted by atomic mass is 16.4. The molecule has 2 heterocycles. The first-order valence-corrected chi connectivity index (χ1v) is 4.77. The van der Waals surface area contributed by atoms with Gasteiger partial charge in [-0.3, -0.25) is 4.79 Å². The van der Waals surface area contributed by atoms with Gasteiger partial charge in [-0.2, -0.15) is 0 Å². The molecule has 0 aliphatic carbocycles. The van der Waals surface area contributed by atoms with Crippen molar-refractivity contribution in [1.29, 1.82) is 0 Å². The number of hydrogen-bond donors (Lipinski definition) is 1. The average Bonchev–Trinajstić information content (AvgIpc) is 2.57. The normalized spacial score (nSPS) is 10.6. The summed E-state index contributed by atoms with van der Waals surface area (Å²) in [6.45, 7) is 1.47. The molecule has 0 bridgehead atoms. The fraction of sp³-hybridized carbons (Fsp3) is 0.182. The van der Waals surface area contributed by atoms with Gasteiger partial charge in [-0.05, 0) is 19.1 Å². The Bertz CT molecular complexity index is 572. The van der Waals surface area contributed by atoms with Crippen molar-refractivity contribution in [1.82, 2.24) is 9.38 Å². The van der Waals surface area contributed by atoms with Crippen molar-refractivity contribution in [3.05, 3.63) is 35.8 Å². The number of pyridine rings is 1. The predicted octanol–water partition coefficient (Wildman–Crippen LogP) is 1.16. The number of hydrogen-bond acceptors (Lipinski definition) is 3. The van der Waals surface area contributed by atoms with Crippen LogP contribution in [-0.4, -0.2) is 26.2 Å². The summed E-state index contributed by atoms with van der Waals surface area (Å²) >= 11 is 0. The molecule has 0 aromatic carbocycles. The van der Waals surface area contributed by atoms with E-state index >= 15 is 0 Å². The van der Waals surface area contributed by atoms with E-state index in [2.05, 4.69) is 4.98 Å². The Morgan fingerprint density at radius 1 is 1.50 bits per heavy atom. The minimum atomic E-state index is -1.02. The van der Waals surface area contributed by atoms with Gasteiger partial charge in [0.05, 0.1) is 5.69 Å². The molecule has 5 heteroatoms. The van der Waals surface area contributed by atoms with Crippen LogP contribution in [0, 0.1) is 0 Å². The van der Waals surface area contributed by atoms with E-state index in [1.165, 1.54) is 13.0 Å². The molecule has 0 amide bonds. The van der Waals surface area contributed by atoms with E-state index in [0.29, 0.717) is 11.3 Å². The van der Waals surface area contributed by atoms with Gasteiger partial charge >= 0.3 is 5.97 Å². The molecule has 0 saturated heterocycles. The summed E-state index contributed by atoms with van der Waals surface area (Å²) in [5.74, 6) is -1.02. The monoisotopic (exact) mass is 218 g/mol. The molecule has 0 spiro atoms. The molecule has 0 saturated carbocycles. The fourth-order valence-electron chi connectivity index (χ4n) is 1.57. The molecule has 82 valence electrons. The van der Waals surface area contributed by atoms with Crippen molar-refractivity contribution in [2.45, 2.75) is 13.3 Å². The predicted molar refractivity (Wildman–Crippen MR) is 56.5 cm³/mol. The number of carbonyl (C=O) groups is 2. The molecular weight excluding hydrogens is 208 g/mol. The Morgan fingerprint density at radius 3 is 2.88 bits per heavy atom. The summed E-state index contributed by atoms with van der Waals surface area (Å²) < 4.78 is 1.61. The number of rotatable bonds is 3. The molecule has 2 aromatic rings. The Morgan fingerprint density at radius 2 is 2.25 bits per heavy atom. The number of aromatic nitrogens is 2. The summed E-state index contributed by atoms with van der Waals surface area (Å²) in [6.07, 6.45) is 3.60. The molecule has 0 aliphatic heterocycles. The molecule has 16 heavy (non-hydrogen) atoms. The lowest BCUT2D eigenvalue weighted by molar-refractivity contribution is -0.116. The van der Waals surface area contributed by atoms with Gasteiger partial charge in [0, 0.05) is 18.8 Å². The number of Topliss-reactive ketones (excluding diaryl/α,β-unsaturated/α-hetero) is 1. The van der Waals surface area contributed by atoms with Crippen LogP contribution in [0.1, 0.15) is 23.0 Å². The van der Waals surface area contributed by atoms with Gasteiger partial charge < -0.3 is 9.51 Å². The van der Waals surface area contributed by atoms with Gasteiger partial charge in [-0.25, -0.2) is 9.78 Å². The zero-order valence-corrected chi connectivity index (χ0v) is 8.67. The number of carbonyl (C=O) groups excluding carboxylic acids is 1. The van der Waals surface area contributed by atoms with Crippen LogP contribution in [0.25, 0.3) is 5.65 Å². The molecule has 0 fully saturated rings. The van der Waals surface area contributed by atoms with Gasteiger partial charge in [0.2, 0.25) is 0 Å². The zero-order chi connectivity index (χ0) is 11.7. The van der Waals surface area contributed by atoms with Crippen LogP contribution >= 0.6 is 0 Å². The van der Waals surface area contributed by atoms with E-state index in [9.17, 15) is 9.59 Å². The lowest BCUT2D eigenvalue weighted by atomic mass is 10.2. The first-order valence-electron chi connectivity index (χ1n) is 4.77. The number of ketones is 1. The van der Waals surface area contributed by atoms with Crippen molar-refractivity contribution in [3.63, 3.8) is 0 Å². The number of fused-ring (bicyclic) bond motifs is 1. The maximum Gasteiger partial charge on any atom is 0.339 e. The lowest BCUT2D eigenvalue weighted by Crippen LogP contribution is -2.00. The Balaban J connectivity index is 2.56. The zero-order valence-electron chi connectivity index (χ0n) is 8.67. The quantitative estimate of drug-likeness (QED) is 0.839. The third kappa shape index (κ3) is 1.79. The summed E-state index contributed by atoms with van der Waals surface area (Å²) in [7, 11) is 0. The number of carboxylic acids is 1. The van der Waals surface area contributed by atoms with Gasteiger partial charge in [0.25, 0.3) is 0 Å². The summed E-state index contributed by atoms with van der Waals surface area (Å²) in [5, 5.41) is 8.95. The maximum absolute atomic E-state index is 10.9. The number of nitrogens with zero attached hydrogens (tertiary/aromatic N) is 2. The Kier molecular flexibility index (Phi) is 2.44. The topological polar surface area (TPSA) is 71.7 Å². The highest BCUT2D eigenvalue weighted by Gasteiger charge is 2.12. The second-order valence-electron chi connectivity index (χ2n) is 3.57. The maximum atomic E-state index is 10.9. The van der Waals surface area contributed by atoms with Crippen molar-refractivity contribution in [2.75, 3.05) is 0 Å². The van der Waals surface area contributed by atoms with E-state index in [-0.39, 0.29) is 17.8 Å². The van der Waals surface area contributed by atoms with Crippen LogP contribution < -0.4 is 0 Å².